The van der Waals surface area contributed by atoms with Crippen LogP contribution in [-0.4, -0.2) is 34.9 Å². The average Bonchev–Trinajstić information content (AvgIpc) is 3.98. The number of fused-ring (bicyclic) bond motifs is 8. The van der Waals surface area contributed by atoms with E-state index in [1.165, 1.54) is 0 Å². The first-order chi connectivity index (χ1) is 23.8. The van der Waals surface area contributed by atoms with Gasteiger partial charge in [-0.1, -0.05) is 12.1 Å². The van der Waals surface area contributed by atoms with Gasteiger partial charge in [-0.3, -0.25) is 19.9 Å². The number of rotatable bonds is 4. The van der Waals surface area contributed by atoms with Gasteiger partial charge in [-0.25, -0.2) is 0 Å². The van der Waals surface area contributed by atoms with E-state index in [4.69, 9.17) is 0 Å². The van der Waals surface area contributed by atoms with Gasteiger partial charge < -0.3 is 15.0 Å². The lowest BCUT2D eigenvalue weighted by atomic mass is 10.0. The zero-order valence-corrected chi connectivity index (χ0v) is 26.4. The summed E-state index contributed by atoms with van der Waals surface area (Å²) in [5, 5.41) is 1.97. The van der Waals surface area contributed by atoms with Crippen LogP contribution < -0.4 is 19.8 Å². The van der Waals surface area contributed by atoms with Crippen LogP contribution >= 0.6 is 11.3 Å². The lowest BCUT2D eigenvalue weighted by Crippen LogP contribution is -2.18. The van der Waals surface area contributed by atoms with Crippen molar-refractivity contribution >= 4 is 33.6 Å². The van der Waals surface area contributed by atoms with E-state index in [0.29, 0.717) is 0 Å². The third-order valence-corrected chi connectivity index (χ3v) is 9.73. The van der Waals surface area contributed by atoms with Gasteiger partial charge in [0.15, 0.2) is 0 Å². The molecule has 1 aliphatic heterocycles. The van der Waals surface area contributed by atoms with E-state index in [2.05, 4.69) is 95.6 Å². The monoisotopic (exact) mass is 637 g/mol. The number of thiophene rings is 1. The molecule has 0 radical (unpaired) electrons. The molecule has 8 aromatic rings. The van der Waals surface area contributed by atoms with Crippen molar-refractivity contribution in [2.75, 3.05) is 0 Å². The standard InChI is InChI=1S/C40H27N7S/c1-3-27(23-43-17-1)39-33-9-7-31(46-33)37(25-13-19-41-20-14-25)29-5-6-30(45-29)38(26-15-21-42-22-16-26)32-8-10-34(47-32)40(28-4-2-18-44-24-28)36-12-11-35(39)48-36/h1-24,45-47H. The molecule has 0 fully saturated rings. The van der Waals surface area contributed by atoms with Gasteiger partial charge >= 0.3 is 0 Å². The number of H-pyrrole nitrogens is 3. The Morgan fingerprint density at radius 3 is 1.21 bits per heavy atom. The number of nitrogens with one attached hydrogen (secondary N) is 3. The van der Waals surface area contributed by atoms with Crippen molar-refractivity contribution < 1.29 is 0 Å². The van der Waals surface area contributed by atoms with Crippen LogP contribution in [0, 0.1) is 0 Å². The molecule has 0 unspecified atom stereocenters. The quantitative estimate of drug-likeness (QED) is 0.263. The summed E-state index contributed by atoms with van der Waals surface area (Å²) >= 11 is 1.75. The first kappa shape index (κ1) is 27.9. The second-order valence-electron chi connectivity index (χ2n) is 11.5. The van der Waals surface area contributed by atoms with Crippen LogP contribution in [0.3, 0.4) is 0 Å². The number of pyridine rings is 4. The molecular formula is C40H27N7S. The Kier molecular flexibility index (Phi) is 6.84. The molecular weight excluding hydrogens is 611 g/mol. The molecule has 0 amide bonds. The molecule has 8 aromatic heterocycles. The van der Waals surface area contributed by atoms with Crippen LogP contribution in [0.25, 0.3) is 22.3 Å². The van der Waals surface area contributed by atoms with Crippen molar-refractivity contribution in [1.29, 1.82) is 0 Å². The minimum absolute atomic E-state index is 0.985. The summed E-state index contributed by atoms with van der Waals surface area (Å²) in [5.74, 6) is 0. The van der Waals surface area contributed by atoms with Crippen LogP contribution in [0.4, 0.5) is 0 Å². The molecule has 8 heteroatoms. The second kappa shape index (κ2) is 11.8. The molecule has 0 atom stereocenters. The van der Waals surface area contributed by atoms with Crippen molar-refractivity contribution in [3.05, 3.63) is 211 Å². The minimum atomic E-state index is 0.985. The third-order valence-electron chi connectivity index (χ3n) is 8.61. The molecule has 0 saturated heterocycles. The first-order valence-corrected chi connectivity index (χ1v) is 16.4. The Balaban J connectivity index is 1.44. The summed E-state index contributed by atoms with van der Waals surface area (Å²) in [7, 11) is 0. The van der Waals surface area contributed by atoms with Gasteiger partial charge in [0.1, 0.15) is 0 Å². The van der Waals surface area contributed by atoms with Gasteiger partial charge in [0.25, 0.3) is 0 Å². The number of aromatic nitrogens is 7. The molecule has 9 heterocycles. The van der Waals surface area contributed by atoms with Crippen molar-refractivity contribution in [2.45, 2.75) is 0 Å². The van der Waals surface area contributed by atoms with Gasteiger partial charge in [0.2, 0.25) is 0 Å². The highest BCUT2D eigenvalue weighted by molar-refractivity contribution is 7.08. The van der Waals surface area contributed by atoms with Gasteiger partial charge in [-0.05, 0) is 96.1 Å². The highest BCUT2D eigenvalue weighted by Gasteiger charge is 2.18. The fraction of sp³-hybridized carbons (Fsp3) is 0. The van der Waals surface area contributed by atoms with Crippen LogP contribution in [0.5, 0.6) is 0 Å². The van der Waals surface area contributed by atoms with Crippen LogP contribution in [0.15, 0.2) is 147 Å². The predicted octanol–water partition coefficient (Wildman–Crippen LogP) is 4.62. The Labute approximate surface area is 279 Å². The van der Waals surface area contributed by atoms with E-state index in [9.17, 15) is 0 Å². The highest BCUT2D eigenvalue weighted by Crippen LogP contribution is 2.27. The van der Waals surface area contributed by atoms with E-state index in [0.717, 1.165) is 87.1 Å². The van der Waals surface area contributed by atoms with Crippen LogP contribution in [0.1, 0.15) is 45.0 Å². The predicted molar refractivity (Wildman–Crippen MR) is 189 cm³/mol. The zero-order valence-electron chi connectivity index (χ0n) is 25.6. The molecule has 8 bridgehead atoms. The van der Waals surface area contributed by atoms with Crippen molar-refractivity contribution in [3.63, 3.8) is 0 Å². The van der Waals surface area contributed by atoms with E-state index in [-0.39, 0.29) is 0 Å². The fourth-order valence-electron chi connectivity index (χ4n) is 6.50. The molecule has 0 aliphatic carbocycles. The summed E-state index contributed by atoms with van der Waals surface area (Å²) in [6.45, 7) is 0. The minimum Gasteiger partial charge on any atom is -0.354 e. The third kappa shape index (κ3) is 4.92. The molecule has 0 saturated carbocycles. The zero-order chi connectivity index (χ0) is 31.9. The number of hydrogen-bond acceptors (Lipinski definition) is 5. The second-order valence-corrected chi connectivity index (χ2v) is 12.6. The van der Waals surface area contributed by atoms with E-state index >= 15 is 0 Å². The van der Waals surface area contributed by atoms with E-state index in [1.54, 1.807) is 11.3 Å². The summed E-state index contributed by atoms with van der Waals surface area (Å²) in [4.78, 5) is 29.0. The molecule has 7 nitrogen and oxygen atoms in total. The topological polar surface area (TPSA) is 98.9 Å². The van der Waals surface area contributed by atoms with Gasteiger partial charge in [-0.2, -0.15) is 0 Å². The normalized spacial score (nSPS) is 12.8. The lowest BCUT2D eigenvalue weighted by Gasteiger charge is -2.09. The van der Waals surface area contributed by atoms with Crippen molar-refractivity contribution in [1.82, 2.24) is 34.9 Å². The molecule has 3 N–H and O–H groups in total. The maximum absolute atomic E-state index is 4.49. The smallest absolute Gasteiger partial charge is 0.0485 e. The highest BCUT2D eigenvalue weighted by atomic mass is 32.1. The Morgan fingerprint density at radius 2 is 0.792 bits per heavy atom. The fourth-order valence-corrected chi connectivity index (χ4v) is 7.67. The summed E-state index contributed by atoms with van der Waals surface area (Å²) < 4.78 is 2.26. The van der Waals surface area contributed by atoms with E-state index < -0.39 is 0 Å². The van der Waals surface area contributed by atoms with Gasteiger partial charge in [0, 0.05) is 126 Å². The first-order valence-electron chi connectivity index (χ1n) is 15.6. The average molecular weight is 638 g/mol. The summed E-state index contributed by atoms with van der Waals surface area (Å²) in [6.07, 6.45) is 14.8. The molecule has 9 rings (SSSR count). The van der Waals surface area contributed by atoms with Crippen molar-refractivity contribution in [2.24, 2.45) is 0 Å². The summed E-state index contributed by atoms with van der Waals surface area (Å²) in [5.41, 5.74) is 12.4. The lowest BCUT2D eigenvalue weighted by molar-refractivity contribution is 1.20. The van der Waals surface area contributed by atoms with Gasteiger partial charge in [0.05, 0.1) is 0 Å². The van der Waals surface area contributed by atoms with E-state index in [1.807, 2.05) is 86.0 Å². The van der Waals surface area contributed by atoms with Crippen LogP contribution in [-0.2, 0) is 0 Å². The summed E-state index contributed by atoms with van der Waals surface area (Å²) in [6, 6.07) is 33.8. The number of aromatic amines is 3. The number of nitrogens with zero attached hydrogens (tertiary/aromatic N) is 4. The Hall–Kier alpha value is -6.38. The Morgan fingerprint density at radius 1 is 0.354 bits per heavy atom. The van der Waals surface area contributed by atoms with Crippen LogP contribution in [0.2, 0.25) is 0 Å². The molecule has 48 heavy (non-hydrogen) atoms. The largest absolute Gasteiger partial charge is 0.354 e. The maximum atomic E-state index is 4.49. The SMILES string of the molecule is c1cncc(C2=c3ccc(s3)=C(c3cccnc3)c3ccc([nH]3)C(c3ccncc3)=c3ccc([nH]3)=C(c3ccncc3)c3ccc2[nH]3)c1. The maximum Gasteiger partial charge on any atom is 0.0485 e. The Bertz CT molecular complexity index is 2290. The number of hydrogen-bond donors (Lipinski definition) is 3. The molecule has 0 aromatic carbocycles. The molecule has 0 spiro atoms. The molecule has 1 aliphatic rings. The van der Waals surface area contributed by atoms with Gasteiger partial charge in [-0.15, -0.1) is 11.3 Å². The molecule has 228 valence electrons. The van der Waals surface area contributed by atoms with Crippen molar-refractivity contribution in [3.8, 4) is 0 Å².